The van der Waals surface area contributed by atoms with Crippen molar-refractivity contribution in [2.75, 3.05) is 33.2 Å². The van der Waals surface area contributed by atoms with E-state index in [-0.39, 0.29) is 0 Å². The molecule has 5 heteroatoms. The zero-order chi connectivity index (χ0) is 16.7. The maximum absolute atomic E-state index is 4.38. The number of thiophene rings is 1. The fourth-order valence-corrected chi connectivity index (χ4v) is 3.99. The molecule has 0 aliphatic carbocycles. The number of aliphatic imine (C=N–C) groups is 1. The second kappa shape index (κ2) is 9.28. The third kappa shape index (κ3) is 5.50. The molecule has 1 aliphatic rings. The quantitative estimate of drug-likeness (QED) is 0.593. The number of nitrogens with zero attached hydrogens (tertiary/aromatic N) is 2. The number of nitrogens with one attached hydrogen (secondary N) is 2. The minimum Gasteiger partial charge on any atom is -0.356 e. The highest BCUT2D eigenvalue weighted by atomic mass is 32.1. The SMILES string of the molecule is CN=C(NCC(C)c1cccs1)NCC(C(C)C)N1CCCC1. The number of hydrogen-bond donors (Lipinski definition) is 2. The average Bonchev–Trinajstić information content (AvgIpc) is 3.23. The zero-order valence-corrected chi connectivity index (χ0v) is 15.8. The summed E-state index contributed by atoms with van der Waals surface area (Å²) in [5.74, 6) is 2.08. The summed E-state index contributed by atoms with van der Waals surface area (Å²) >= 11 is 1.82. The first-order valence-corrected chi connectivity index (χ1v) is 9.71. The maximum atomic E-state index is 4.38. The van der Waals surface area contributed by atoms with Crippen LogP contribution in [0.2, 0.25) is 0 Å². The number of guanidine groups is 1. The van der Waals surface area contributed by atoms with Gasteiger partial charge in [-0.1, -0.05) is 26.8 Å². The Bertz CT molecular complexity index is 463. The second-order valence-electron chi connectivity index (χ2n) is 6.80. The Morgan fingerprint density at radius 1 is 1.22 bits per heavy atom. The summed E-state index contributed by atoms with van der Waals surface area (Å²) in [5, 5.41) is 9.14. The van der Waals surface area contributed by atoms with Crippen LogP contribution in [0.15, 0.2) is 22.5 Å². The van der Waals surface area contributed by atoms with Crippen LogP contribution in [-0.2, 0) is 0 Å². The highest BCUT2D eigenvalue weighted by Gasteiger charge is 2.24. The smallest absolute Gasteiger partial charge is 0.191 e. The molecule has 1 aromatic rings. The Morgan fingerprint density at radius 2 is 1.91 bits per heavy atom. The summed E-state index contributed by atoms with van der Waals surface area (Å²) in [6.07, 6.45) is 2.68. The fourth-order valence-electron chi connectivity index (χ4n) is 3.20. The van der Waals surface area contributed by atoms with Gasteiger partial charge in [-0.05, 0) is 43.3 Å². The molecule has 130 valence electrons. The maximum Gasteiger partial charge on any atom is 0.191 e. The normalized spacial score (nSPS) is 19.1. The van der Waals surface area contributed by atoms with Gasteiger partial charge in [0.05, 0.1) is 0 Å². The van der Waals surface area contributed by atoms with Gasteiger partial charge in [-0.3, -0.25) is 9.89 Å². The lowest BCUT2D eigenvalue weighted by molar-refractivity contribution is 0.192. The molecule has 0 radical (unpaired) electrons. The monoisotopic (exact) mass is 336 g/mol. The Kier molecular flexibility index (Phi) is 7.37. The van der Waals surface area contributed by atoms with Gasteiger partial charge in [0.15, 0.2) is 5.96 Å². The first-order valence-electron chi connectivity index (χ1n) is 8.83. The van der Waals surface area contributed by atoms with Crippen LogP contribution in [0.25, 0.3) is 0 Å². The van der Waals surface area contributed by atoms with Crippen molar-refractivity contribution in [3.8, 4) is 0 Å². The second-order valence-corrected chi connectivity index (χ2v) is 7.78. The van der Waals surface area contributed by atoms with E-state index < -0.39 is 0 Å². The predicted octanol–water partition coefficient (Wildman–Crippen LogP) is 3.14. The summed E-state index contributed by atoms with van der Waals surface area (Å²) in [7, 11) is 1.85. The van der Waals surface area contributed by atoms with Gasteiger partial charge < -0.3 is 10.6 Å². The first-order chi connectivity index (χ1) is 11.1. The molecule has 2 unspecified atom stereocenters. The Labute approximate surface area is 145 Å². The lowest BCUT2D eigenvalue weighted by Crippen LogP contribution is -2.49. The van der Waals surface area contributed by atoms with E-state index in [2.05, 4.69) is 58.8 Å². The van der Waals surface area contributed by atoms with E-state index in [4.69, 9.17) is 0 Å². The predicted molar refractivity (Wildman–Crippen MR) is 102 cm³/mol. The van der Waals surface area contributed by atoms with Crippen molar-refractivity contribution in [3.05, 3.63) is 22.4 Å². The summed E-state index contributed by atoms with van der Waals surface area (Å²) in [6.45, 7) is 11.3. The van der Waals surface area contributed by atoms with Crippen molar-refractivity contribution in [2.45, 2.75) is 45.6 Å². The van der Waals surface area contributed by atoms with Gasteiger partial charge in [-0.25, -0.2) is 0 Å². The Morgan fingerprint density at radius 3 is 2.48 bits per heavy atom. The Hall–Kier alpha value is -1.07. The molecule has 1 aliphatic heterocycles. The molecule has 0 spiro atoms. The third-order valence-corrected chi connectivity index (χ3v) is 5.79. The van der Waals surface area contributed by atoms with Crippen molar-refractivity contribution >= 4 is 17.3 Å². The molecule has 2 atom stereocenters. The molecule has 2 rings (SSSR count). The number of likely N-dealkylation sites (tertiary alicyclic amines) is 1. The van der Waals surface area contributed by atoms with Gasteiger partial charge in [-0.2, -0.15) is 0 Å². The fraction of sp³-hybridized carbons (Fsp3) is 0.722. The van der Waals surface area contributed by atoms with Crippen molar-refractivity contribution < 1.29 is 0 Å². The van der Waals surface area contributed by atoms with Crippen molar-refractivity contribution in [1.82, 2.24) is 15.5 Å². The molecule has 23 heavy (non-hydrogen) atoms. The van der Waals surface area contributed by atoms with Crippen LogP contribution in [0.5, 0.6) is 0 Å². The van der Waals surface area contributed by atoms with Crippen molar-refractivity contribution in [3.63, 3.8) is 0 Å². The molecular weight excluding hydrogens is 304 g/mol. The highest BCUT2D eigenvalue weighted by molar-refractivity contribution is 7.10. The molecule has 0 amide bonds. The minimum absolute atomic E-state index is 0.507. The summed E-state index contributed by atoms with van der Waals surface area (Å²) in [6, 6.07) is 4.91. The summed E-state index contributed by atoms with van der Waals surface area (Å²) < 4.78 is 0. The van der Waals surface area contributed by atoms with Gasteiger partial charge in [0.2, 0.25) is 0 Å². The van der Waals surface area contributed by atoms with E-state index in [0.29, 0.717) is 17.9 Å². The first kappa shape index (κ1) is 18.3. The average molecular weight is 337 g/mol. The van der Waals surface area contributed by atoms with Crippen molar-refractivity contribution in [2.24, 2.45) is 10.9 Å². The van der Waals surface area contributed by atoms with Crippen LogP contribution in [-0.4, -0.2) is 50.1 Å². The molecule has 0 bridgehead atoms. The zero-order valence-electron chi connectivity index (χ0n) is 15.0. The molecule has 1 aromatic heterocycles. The molecule has 0 aromatic carbocycles. The van der Waals surface area contributed by atoms with Crippen molar-refractivity contribution in [1.29, 1.82) is 0 Å². The summed E-state index contributed by atoms with van der Waals surface area (Å²) in [4.78, 5) is 8.42. The van der Waals surface area contributed by atoms with Gasteiger partial charge in [0.25, 0.3) is 0 Å². The molecule has 2 heterocycles. The highest BCUT2D eigenvalue weighted by Crippen LogP contribution is 2.19. The van der Waals surface area contributed by atoms with Crippen LogP contribution >= 0.6 is 11.3 Å². The standard InChI is InChI=1S/C18H32N4S/c1-14(2)16(22-9-5-6-10-22)13-21-18(19-4)20-12-15(3)17-8-7-11-23-17/h7-8,11,14-16H,5-6,9-10,12-13H2,1-4H3,(H2,19,20,21). The Balaban J connectivity index is 1.79. The molecule has 1 fully saturated rings. The van der Waals surface area contributed by atoms with E-state index in [1.807, 2.05) is 18.4 Å². The molecule has 1 saturated heterocycles. The topological polar surface area (TPSA) is 39.7 Å². The largest absolute Gasteiger partial charge is 0.356 e. The van der Waals surface area contributed by atoms with Crippen LogP contribution in [0, 0.1) is 5.92 Å². The van der Waals surface area contributed by atoms with Crippen LogP contribution in [0.1, 0.15) is 44.4 Å². The van der Waals surface area contributed by atoms with Crippen LogP contribution in [0.3, 0.4) is 0 Å². The van der Waals surface area contributed by atoms with E-state index in [1.165, 1.54) is 30.8 Å². The van der Waals surface area contributed by atoms with Crippen LogP contribution in [0.4, 0.5) is 0 Å². The minimum atomic E-state index is 0.507. The van der Waals surface area contributed by atoms with Gasteiger partial charge >= 0.3 is 0 Å². The molecule has 4 nitrogen and oxygen atoms in total. The number of hydrogen-bond acceptors (Lipinski definition) is 3. The lowest BCUT2D eigenvalue weighted by atomic mass is 10.0. The molecule has 2 N–H and O–H groups in total. The van der Waals surface area contributed by atoms with E-state index in [1.54, 1.807) is 0 Å². The van der Waals surface area contributed by atoms with E-state index in [0.717, 1.165) is 19.0 Å². The van der Waals surface area contributed by atoms with E-state index >= 15 is 0 Å². The lowest BCUT2D eigenvalue weighted by Gasteiger charge is -2.31. The summed E-state index contributed by atoms with van der Waals surface area (Å²) in [5.41, 5.74) is 0. The van der Waals surface area contributed by atoms with Gasteiger partial charge in [-0.15, -0.1) is 11.3 Å². The number of rotatable bonds is 7. The molecule has 0 saturated carbocycles. The van der Waals surface area contributed by atoms with Crippen LogP contribution < -0.4 is 10.6 Å². The van der Waals surface area contributed by atoms with E-state index in [9.17, 15) is 0 Å². The van der Waals surface area contributed by atoms with Gasteiger partial charge in [0, 0.05) is 37.0 Å². The molecular formula is C18H32N4S. The third-order valence-electron chi connectivity index (χ3n) is 4.69. The van der Waals surface area contributed by atoms with Gasteiger partial charge in [0.1, 0.15) is 0 Å².